The Bertz CT molecular complexity index is 1420. The maximum Gasteiger partial charge on any atom is 0.247 e. The molecule has 0 atom stereocenters. The molecule has 1 aliphatic heterocycles. The van der Waals surface area contributed by atoms with Crippen molar-refractivity contribution in [2.24, 2.45) is 0 Å². The van der Waals surface area contributed by atoms with Gasteiger partial charge in [-0.25, -0.2) is 18.4 Å². The number of aromatic nitrogens is 2. The third-order valence-electron chi connectivity index (χ3n) is 5.96. The van der Waals surface area contributed by atoms with Crippen LogP contribution in [0.25, 0.3) is 21.3 Å². The molecule has 0 radical (unpaired) electrons. The van der Waals surface area contributed by atoms with E-state index in [4.69, 9.17) is 9.47 Å². The third kappa shape index (κ3) is 3.97. The van der Waals surface area contributed by atoms with Crippen molar-refractivity contribution in [3.8, 4) is 22.6 Å². The third-order valence-corrected chi connectivity index (χ3v) is 8.77. The number of rotatable bonds is 6. The van der Waals surface area contributed by atoms with Crippen molar-refractivity contribution in [1.82, 2.24) is 14.3 Å². The second-order valence-corrected chi connectivity index (χ2v) is 10.6. The van der Waals surface area contributed by atoms with E-state index >= 15 is 0 Å². The van der Waals surface area contributed by atoms with E-state index in [1.807, 2.05) is 18.2 Å². The van der Waals surface area contributed by atoms with Crippen LogP contribution in [-0.2, 0) is 10.0 Å². The highest BCUT2D eigenvalue weighted by molar-refractivity contribution is 7.89. The standard InChI is InChI=1S/C24H24N4O4S2/c1-31-18-8-9-20(32-2)21(14-18)34(29,30)28-12-10-27(11-13-28)23-22-19(17-6-4-3-5-7-17)15-33-24(22)26-16-25-23/h3-9,14-16H,10-13H2,1-2H3. The summed E-state index contributed by atoms with van der Waals surface area (Å²) < 4.78 is 38.9. The number of thiophene rings is 1. The largest absolute Gasteiger partial charge is 0.497 e. The van der Waals surface area contributed by atoms with E-state index in [9.17, 15) is 8.42 Å². The second kappa shape index (κ2) is 9.21. The molecular weight excluding hydrogens is 472 g/mol. The van der Waals surface area contributed by atoms with Gasteiger partial charge in [0, 0.05) is 43.2 Å². The van der Waals surface area contributed by atoms with Crippen LogP contribution in [-0.4, -0.2) is 63.1 Å². The maximum absolute atomic E-state index is 13.4. The van der Waals surface area contributed by atoms with Crippen LogP contribution < -0.4 is 14.4 Å². The molecule has 0 spiro atoms. The Balaban J connectivity index is 1.43. The monoisotopic (exact) mass is 496 g/mol. The molecule has 176 valence electrons. The minimum atomic E-state index is -3.75. The Kier molecular flexibility index (Phi) is 6.11. The van der Waals surface area contributed by atoms with E-state index in [2.05, 4.69) is 32.4 Å². The fourth-order valence-corrected chi connectivity index (χ4v) is 6.70. The summed E-state index contributed by atoms with van der Waals surface area (Å²) in [5, 5.41) is 3.11. The lowest BCUT2D eigenvalue weighted by atomic mass is 10.1. The highest BCUT2D eigenvalue weighted by Crippen LogP contribution is 2.38. The molecule has 1 fully saturated rings. The van der Waals surface area contributed by atoms with E-state index in [1.54, 1.807) is 29.8 Å². The number of ether oxygens (including phenoxy) is 2. The summed E-state index contributed by atoms with van der Waals surface area (Å²) in [7, 11) is -0.785. The molecule has 2 aromatic carbocycles. The summed E-state index contributed by atoms with van der Waals surface area (Å²) >= 11 is 1.59. The molecule has 0 bridgehead atoms. The van der Waals surface area contributed by atoms with Crippen molar-refractivity contribution in [2.75, 3.05) is 45.3 Å². The van der Waals surface area contributed by atoms with Crippen LogP contribution in [0.2, 0.25) is 0 Å². The Morgan fingerprint density at radius 3 is 2.41 bits per heavy atom. The van der Waals surface area contributed by atoms with E-state index in [0.717, 1.165) is 27.2 Å². The molecule has 3 heterocycles. The average molecular weight is 497 g/mol. The highest BCUT2D eigenvalue weighted by Gasteiger charge is 2.32. The maximum atomic E-state index is 13.4. The van der Waals surface area contributed by atoms with Crippen LogP contribution in [0.15, 0.2) is 65.1 Å². The van der Waals surface area contributed by atoms with Crippen molar-refractivity contribution < 1.29 is 17.9 Å². The number of hydrogen-bond acceptors (Lipinski definition) is 8. The molecule has 2 aromatic heterocycles. The predicted octanol–water partition coefficient (Wildman–Crippen LogP) is 3.89. The van der Waals surface area contributed by atoms with E-state index in [-0.39, 0.29) is 4.90 Å². The van der Waals surface area contributed by atoms with Gasteiger partial charge in [0.15, 0.2) is 0 Å². The summed E-state index contributed by atoms with van der Waals surface area (Å²) in [6.07, 6.45) is 1.58. The first-order valence-electron chi connectivity index (χ1n) is 10.8. The normalized spacial score (nSPS) is 14.9. The molecule has 0 aliphatic carbocycles. The Hall–Kier alpha value is -3.21. The SMILES string of the molecule is COc1ccc(OC)c(S(=O)(=O)N2CCN(c3ncnc4scc(-c5ccccc5)c34)CC2)c1. The van der Waals surface area contributed by atoms with Gasteiger partial charge in [-0.05, 0) is 17.7 Å². The Labute approximate surface area is 202 Å². The number of methoxy groups -OCH3 is 2. The molecule has 34 heavy (non-hydrogen) atoms. The topological polar surface area (TPSA) is 84.9 Å². The van der Waals surface area contributed by atoms with Crippen molar-refractivity contribution in [3.63, 3.8) is 0 Å². The molecular formula is C24H24N4O4S2. The molecule has 0 saturated carbocycles. The van der Waals surface area contributed by atoms with E-state index < -0.39 is 10.0 Å². The number of anilines is 1. The minimum absolute atomic E-state index is 0.108. The summed E-state index contributed by atoms with van der Waals surface area (Å²) in [5.41, 5.74) is 2.20. The second-order valence-electron chi connectivity index (χ2n) is 7.80. The van der Waals surface area contributed by atoms with Gasteiger partial charge in [0.25, 0.3) is 0 Å². The lowest BCUT2D eigenvalue weighted by Gasteiger charge is -2.35. The van der Waals surface area contributed by atoms with Crippen molar-refractivity contribution in [3.05, 3.63) is 60.2 Å². The van der Waals surface area contributed by atoms with Crippen LogP contribution >= 0.6 is 11.3 Å². The van der Waals surface area contributed by atoms with Gasteiger partial charge >= 0.3 is 0 Å². The van der Waals surface area contributed by atoms with Crippen molar-refractivity contribution >= 4 is 37.4 Å². The number of fused-ring (bicyclic) bond motifs is 1. The van der Waals surface area contributed by atoms with Crippen LogP contribution in [0.5, 0.6) is 11.5 Å². The highest BCUT2D eigenvalue weighted by atomic mass is 32.2. The van der Waals surface area contributed by atoms with Crippen molar-refractivity contribution in [2.45, 2.75) is 4.90 Å². The Morgan fingerprint density at radius 1 is 0.941 bits per heavy atom. The molecule has 0 amide bonds. The summed E-state index contributed by atoms with van der Waals surface area (Å²) in [6.45, 7) is 1.70. The first-order chi connectivity index (χ1) is 16.5. The zero-order valence-electron chi connectivity index (χ0n) is 18.8. The van der Waals surface area contributed by atoms with Crippen LogP contribution in [0.3, 0.4) is 0 Å². The lowest BCUT2D eigenvalue weighted by Crippen LogP contribution is -2.49. The predicted molar refractivity (Wildman–Crippen MR) is 133 cm³/mol. The molecule has 8 nitrogen and oxygen atoms in total. The van der Waals surface area contributed by atoms with Crippen molar-refractivity contribution in [1.29, 1.82) is 0 Å². The molecule has 0 N–H and O–H groups in total. The van der Waals surface area contributed by atoms with Crippen LogP contribution in [0.1, 0.15) is 0 Å². The smallest absolute Gasteiger partial charge is 0.247 e. The first kappa shape index (κ1) is 22.6. The molecule has 10 heteroatoms. The van der Waals surface area contributed by atoms with Gasteiger partial charge in [-0.3, -0.25) is 0 Å². The van der Waals surface area contributed by atoms with Gasteiger partial charge in [0.05, 0.1) is 19.6 Å². The molecule has 5 rings (SSSR count). The number of piperazine rings is 1. The van der Waals surface area contributed by atoms with E-state index in [0.29, 0.717) is 37.7 Å². The molecule has 1 saturated heterocycles. The van der Waals surface area contributed by atoms with Crippen LogP contribution in [0, 0.1) is 0 Å². The van der Waals surface area contributed by atoms with Gasteiger partial charge in [-0.2, -0.15) is 4.31 Å². The average Bonchev–Trinajstić information content (AvgIpc) is 3.33. The molecule has 0 unspecified atom stereocenters. The summed E-state index contributed by atoms with van der Waals surface area (Å²) in [6, 6.07) is 15.0. The van der Waals surface area contributed by atoms with E-state index in [1.165, 1.54) is 24.6 Å². The summed E-state index contributed by atoms with van der Waals surface area (Å²) in [4.78, 5) is 12.2. The van der Waals surface area contributed by atoms with Gasteiger partial charge in [0.1, 0.15) is 33.4 Å². The number of hydrogen-bond donors (Lipinski definition) is 0. The fourth-order valence-electron chi connectivity index (χ4n) is 4.19. The number of benzene rings is 2. The zero-order chi connectivity index (χ0) is 23.7. The van der Waals surface area contributed by atoms with Gasteiger partial charge in [-0.1, -0.05) is 30.3 Å². The van der Waals surface area contributed by atoms with Gasteiger partial charge in [0.2, 0.25) is 10.0 Å². The van der Waals surface area contributed by atoms with Gasteiger partial charge < -0.3 is 14.4 Å². The number of nitrogens with zero attached hydrogens (tertiary/aromatic N) is 4. The van der Waals surface area contributed by atoms with Crippen LogP contribution in [0.4, 0.5) is 5.82 Å². The first-order valence-corrected chi connectivity index (χ1v) is 13.1. The Morgan fingerprint density at radius 2 is 1.71 bits per heavy atom. The minimum Gasteiger partial charge on any atom is -0.497 e. The quantitative estimate of drug-likeness (QED) is 0.400. The molecule has 1 aliphatic rings. The lowest BCUT2D eigenvalue weighted by molar-refractivity contribution is 0.370. The van der Waals surface area contributed by atoms with Gasteiger partial charge in [-0.15, -0.1) is 11.3 Å². The number of sulfonamides is 1. The fraction of sp³-hybridized carbons (Fsp3) is 0.250. The summed E-state index contributed by atoms with van der Waals surface area (Å²) in [5.74, 6) is 1.60. The zero-order valence-corrected chi connectivity index (χ0v) is 20.5. The molecule has 4 aromatic rings.